The molecule has 1 aliphatic rings. The fraction of sp³-hybridized carbons (Fsp3) is 0.250. The summed E-state index contributed by atoms with van der Waals surface area (Å²) in [4.78, 5) is 23.6. The van der Waals surface area contributed by atoms with Crippen LogP contribution in [0, 0.1) is 0 Å². The van der Waals surface area contributed by atoms with Crippen LogP contribution in [0.3, 0.4) is 0 Å². The van der Waals surface area contributed by atoms with E-state index < -0.39 is 0 Å². The summed E-state index contributed by atoms with van der Waals surface area (Å²) in [7, 11) is 0. The van der Waals surface area contributed by atoms with E-state index in [-0.39, 0.29) is 11.9 Å². The monoisotopic (exact) mass is 573 g/mol. The molecule has 1 aromatic carbocycles. The number of nitrogens with one attached hydrogen (secondary N) is 2. The van der Waals surface area contributed by atoms with Crippen molar-refractivity contribution in [3.8, 4) is 0 Å². The van der Waals surface area contributed by atoms with Crippen molar-refractivity contribution < 1.29 is 4.79 Å². The van der Waals surface area contributed by atoms with E-state index >= 15 is 0 Å². The van der Waals surface area contributed by atoms with Crippen LogP contribution in [0.4, 0.5) is 16.3 Å². The summed E-state index contributed by atoms with van der Waals surface area (Å²) in [6.07, 6.45) is 6.97. The average molecular weight is 575 g/mol. The quantitative estimate of drug-likeness (QED) is 0.295. The highest BCUT2D eigenvalue weighted by Gasteiger charge is 2.26. The van der Waals surface area contributed by atoms with Gasteiger partial charge in [-0.1, -0.05) is 29.3 Å². The number of hydrogen-bond donors (Lipinski definition) is 2. The predicted octanol–water partition coefficient (Wildman–Crippen LogP) is 6.22. The number of halogens is 3. The highest BCUT2D eigenvalue weighted by Crippen LogP contribution is 2.31. The lowest BCUT2D eigenvalue weighted by molar-refractivity contribution is 0.194. The molecule has 2 amide bonds. The molecule has 0 aliphatic carbocycles. The normalized spacial score (nSPS) is 14.3. The van der Waals surface area contributed by atoms with E-state index in [1.165, 1.54) is 0 Å². The third kappa shape index (κ3) is 5.37. The van der Waals surface area contributed by atoms with Crippen molar-refractivity contribution >= 4 is 62.3 Å². The number of rotatable bonds is 5. The van der Waals surface area contributed by atoms with Crippen molar-refractivity contribution in [1.29, 1.82) is 0 Å². The Kier molecular flexibility index (Phi) is 7.08. The maximum atomic E-state index is 12.8. The summed E-state index contributed by atoms with van der Waals surface area (Å²) >= 11 is 15.6. The summed E-state index contributed by atoms with van der Waals surface area (Å²) in [6.45, 7) is 1.88. The van der Waals surface area contributed by atoms with Gasteiger partial charge < -0.3 is 15.5 Å². The maximum absolute atomic E-state index is 12.8. The second-order valence-corrected chi connectivity index (χ2v) is 10.00. The second-order valence-electron chi connectivity index (χ2n) is 8.33. The lowest BCUT2D eigenvalue weighted by Crippen LogP contribution is -2.40. The Balaban J connectivity index is 1.28. The number of pyridine rings is 1. The molecule has 4 aromatic rings. The standard InChI is InChI=1S/C24H22BrCl2N7O/c25-18-14-30-34-22(29-13-15-2-1-7-28-12-15)11-21(32-23(18)34)16-5-8-33(9-6-16)24(35)31-17-3-4-19(26)20(27)10-17/h1-4,7,10-12,14,16,29H,5-6,8-9,13H2,(H,31,35). The molecule has 0 saturated carbocycles. The number of likely N-dealkylation sites (tertiary alicyclic amines) is 1. The summed E-state index contributed by atoms with van der Waals surface area (Å²) < 4.78 is 2.63. The highest BCUT2D eigenvalue weighted by atomic mass is 79.9. The van der Waals surface area contributed by atoms with Crippen molar-refractivity contribution in [1.82, 2.24) is 24.5 Å². The van der Waals surface area contributed by atoms with E-state index in [0.29, 0.717) is 35.4 Å². The van der Waals surface area contributed by atoms with Crippen LogP contribution in [0.25, 0.3) is 5.65 Å². The number of piperidine rings is 1. The number of nitrogens with zero attached hydrogens (tertiary/aromatic N) is 5. The molecular formula is C24H22BrCl2N7O. The van der Waals surface area contributed by atoms with Crippen molar-refractivity contribution in [2.45, 2.75) is 25.3 Å². The molecule has 0 atom stereocenters. The zero-order valence-electron chi connectivity index (χ0n) is 18.6. The van der Waals surface area contributed by atoms with Gasteiger partial charge in [0.05, 0.1) is 20.7 Å². The number of urea groups is 1. The molecule has 35 heavy (non-hydrogen) atoms. The topological polar surface area (TPSA) is 87.5 Å². The zero-order valence-corrected chi connectivity index (χ0v) is 21.7. The van der Waals surface area contributed by atoms with Crippen molar-refractivity contribution in [2.24, 2.45) is 0 Å². The predicted molar refractivity (Wildman–Crippen MR) is 141 cm³/mol. The van der Waals surface area contributed by atoms with Crippen LogP contribution < -0.4 is 10.6 Å². The van der Waals surface area contributed by atoms with Crippen LogP contribution in [-0.2, 0) is 6.54 Å². The van der Waals surface area contributed by atoms with Crippen LogP contribution in [-0.4, -0.2) is 43.6 Å². The molecule has 1 aliphatic heterocycles. The maximum Gasteiger partial charge on any atom is 0.321 e. The minimum atomic E-state index is -0.150. The lowest BCUT2D eigenvalue weighted by atomic mass is 9.93. The summed E-state index contributed by atoms with van der Waals surface area (Å²) in [5, 5.41) is 11.7. The number of benzene rings is 1. The minimum absolute atomic E-state index is 0.150. The summed E-state index contributed by atoms with van der Waals surface area (Å²) in [5.41, 5.74) is 3.44. The molecule has 4 heterocycles. The Labute approximate surface area is 220 Å². The molecule has 1 saturated heterocycles. The molecule has 0 bridgehead atoms. The molecule has 2 N–H and O–H groups in total. The SMILES string of the molecule is O=C(Nc1ccc(Cl)c(Cl)c1)N1CCC(c2cc(NCc3cccnc3)n3ncc(Br)c3n2)CC1. The van der Waals surface area contributed by atoms with Crippen LogP contribution in [0.1, 0.15) is 30.0 Å². The molecule has 11 heteroatoms. The van der Waals surface area contributed by atoms with E-state index in [0.717, 1.165) is 40.0 Å². The molecular weight excluding hydrogens is 553 g/mol. The van der Waals surface area contributed by atoms with E-state index in [1.807, 2.05) is 23.2 Å². The first-order chi connectivity index (χ1) is 17.0. The summed E-state index contributed by atoms with van der Waals surface area (Å²) in [5.74, 6) is 1.09. The fourth-order valence-electron chi connectivity index (χ4n) is 4.14. The Bertz CT molecular complexity index is 1360. The smallest absolute Gasteiger partial charge is 0.321 e. The fourth-order valence-corrected chi connectivity index (χ4v) is 4.79. The lowest BCUT2D eigenvalue weighted by Gasteiger charge is -2.32. The van der Waals surface area contributed by atoms with Gasteiger partial charge in [-0.2, -0.15) is 9.61 Å². The van der Waals surface area contributed by atoms with Gasteiger partial charge in [0.15, 0.2) is 5.65 Å². The number of carbonyl (C=O) groups excluding carboxylic acids is 1. The molecule has 0 unspecified atom stereocenters. The molecule has 180 valence electrons. The summed E-state index contributed by atoms with van der Waals surface area (Å²) in [6, 6.07) is 10.9. The van der Waals surface area contributed by atoms with Gasteiger partial charge in [0, 0.05) is 55.4 Å². The van der Waals surface area contributed by atoms with Crippen molar-refractivity contribution in [3.63, 3.8) is 0 Å². The Morgan fingerprint density at radius 3 is 2.69 bits per heavy atom. The number of anilines is 2. The molecule has 3 aromatic heterocycles. The number of aromatic nitrogens is 4. The number of amides is 2. The van der Waals surface area contributed by atoms with E-state index in [2.05, 4.69) is 42.7 Å². The molecule has 1 fully saturated rings. The van der Waals surface area contributed by atoms with E-state index in [1.54, 1.807) is 35.1 Å². The third-order valence-corrected chi connectivity index (χ3v) is 7.31. The number of hydrogen-bond acceptors (Lipinski definition) is 5. The first kappa shape index (κ1) is 23.8. The van der Waals surface area contributed by atoms with Crippen molar-refractivity contribution in [3.05, 3.63) is 80.8 Å². The Morgan fingerprint density at radius 1 is 1.11 bits per heavy atom. The second kappa shape index (κ2) is 10.4. The van der Waals surface area contributed by atoms with Crippen molar-refractivity contribution in [2.75, 3.05) is 23.7 Å². The minimum Gasteiger partial charge on any atom is -0.366 e. The average Bonchev–Trinajstić information content (AvgIpc) is 3.26. The Morgan fingerprint density at radius 2 is 1.94 bits per heavy atom. The van der Waals surface area contributed by atoms with Crippen LogP contribution in [0.5, 0.6) is 0 Å². The van der Waals surface area contributed by atoms with Gasteiger partial charge in [0.25, 0.3) is 0 Å². The van der Waals surface area contributed by atoms with Gasteiger partial charge in [-0.05, 0) is 58.6 Å². The van der Waals surface area contributed by atoms with Crippen LogP contribution in [0.15, 0.2) is 59.5 Å². The van der Waals surface area contributed by atoms with Gasteiger partial charge >= 0.3 is 6.03 Å². The zero-order chi connectivity index (χ0) is 24.4. The largest absolute Gasteiger partial charge is 0.366 e. The van der Waals surface area contributed by atoms with Crippen LogP contribution in [0.2, 0.25) is 10.0 Å². The molecule has 8 nitrogen and oxygen atoms in total. The van der Waals surface area contributed by atoms with E-state index in [4.69, 9.17) is 28.2 Å². The third-order valence-electron chi connectivity index (χ3n) is 6.02. The highest BCUT2D eigenvalue weighted by molar-refractivity contribution is 9.10. The van der Waals surface area contributed by atoms with Gasteiger partial charge in [0.2, 0.25) is 0 Å². The van der Waals surface area contributed by atoms with Gasteiger partial charge in [-0.3, -0.25) is 4.98 Å². The van der Waals surface area contributed by atoms with E-state index in [9.17, 15) is 4.79 Å². The van der Waals surface area contributed by atoms with Gasteiger partial charge in [-0.25, -0.2) is 9.78 Å². The van der Waals surface area contributed by atoms with Crippen LogP contribution >= 0.6 is 39.1 Å². The number of carbonyl (C=O) groups is 1. The first-order valence-electron chi connectivity index (χ1n) is 11.2. The van der Waals surface area contributed by atoms with Gasteiger partial charge in [-0.15, -0.1) is 0 Å². The van der Waals surface area contributed by atoms with Gasteiger partial charge in [0.1, 0.15) is 5.82 Å². The molecule has 0 spiro atoms. The molecule has 0 radical (unpaired) electrons. The number of fused-ring (bicyclic) bond motifs is 1. The Hall–Kier alpha value is -2.88. The first-order valence-corrected chi connectivity index (χ1v) is 12.7. The molecule has 5 rings (SSSR count).